The number of carbonyl (C=O) groups is 1. The van der Waals surface area contributed by atoms with Gasteiger partial charge in [0.05, 0.1) is 0 Å². The highest BCUT2D eigenvalue weighted by atomic mass is 32.2. The van der Waals surface area contributed by atoms with Gasteiger partial charge in [-0.05, 0) is 65.7 Å². The fourth-order valence-electron chi connectivity index (χ4n) is 3.30. The predicted octanol–water partition coefficient (Wildman–Crippen LogP) is 5.46. The van der Waals surface area contributed by atoms with Gasteiger partial charge in [-0.15, -0.1) is 0 Å². The molecule has 1 N–H and O–H groups in total. The van der Waals surface area contributed by atoms with Crippen LogP contribution in [0.1, 0.15) is 11.1 Å². The summed E-state index contributed by atoms with van der Waals surface area (Å²) in [5.41, 5.74) is 1.93. The van der Waals surface area contributed by atoms with Gasteiger partial charge in [0.1, 0.15) is 22.3 Å². The maximum Gasteiger partial charge on any atom is 0.339 e. The largest absolute Gasteiger partial charge is 0.379 e. The number of benzene rings is 4. The van der Waals surface area contributed by atoms with E-state index >= 15 is 0 Å². The van der Waals surface area contributed by atoms with Crippen molar-refractivity contribution in [2.24, 2.45) is 0 Å². The van der Waals surface area contributed by atoms with E-state index < -0.39 is 16.0 Å². The van der Waals surface area contributed by atoms with Gasteiger partial charge >= 0.3 is 10.1 Å². The van der Waals surface area contributed by atoms with Crippen LogP contribution in [0.15, 0.2) is 101 Å². The van der Waals surface area contributed by atoms with Crippen LogP contribution in [0.3, 0.4) is 0 Å². The standard InChI is InChI=1S/C27H20N2O4S/c1-19-9-12-24(13-10-19)29-27(30)23(18-28)15-20-5-4-8-25(16-20)33-34(31,32)26-14-11-21-6-2-3-7-22(21)17-26/h2-17H,1H3,(H,29,30)/b23-15+. The minimum atomic E-state index is -4.08. The number of fused-ring (bicyclic) bond motifs is 1. The zero-order valence-corrected chi connectivity index (χ0v) is 19.0. The first-order chi connectivity index (χ1) is 16.3. The summed E-state index contributed by atoms with van der Waals surface area (Å²) in [5, 5.41) is 13.8. The predicted molar refractivity (Wildman–Crippen MR) is 132 cm³/mol. The Morgan fingerprint density at radius 3 is 2.38 bits per heavy atom. The van der Waals surface area contributed by atoms with Crippen LogP contribution >= 0.6 is 0 Å². The Hall–Kier alpha value is -4.41. The summed E-state index contributed by atoms with van der Waals surface area (Å²) < 4.78 is 31.0. The monoisotopic (exact) mass is 468 g/mol. The number of rotatable bonds is 6. The number of hydrogen-bond donors (Lipinski definition) is 1. The third-order valence-corrected chi connectivity index (χ3v) is 6.30. The molecular weight excluding hydrogens is 448 g/mol. The summed E-state index contributed by atoms with van der Waals surface area (Å²) in [6.07, 6.45) is 1.37. The highest BCUT2D eigenvalue weighted by Crippen LogP contribution is 2.24. The molecule has 0 heterocycles. The Kier molecular flexibility index (Phi) is 6.44. The Bertz CT molecular complexity index is 1550. The summed E-state index contributed by atoms with van der Waals surface area (Å²) in [6, 6.07) is 27.4. The van der Waals surface area contributed by atoms with Gasteiger partial charge in [-0.3, -0.25) is 4.79 Å². The van der Waals surface area contributed by atoms with Crippen LogP contribution in [-0.2, 0) is 14.9 Å². The molecule has 6 nitrogen and oxygen atoms in total. The van der Waals surface area contributed by atoms with Crippen LogP contribution in [0.25, 0.3) is 16.8 Å². The zero-order chi connectivity index (χ0) is 24.1. The molecule has 0 saturated carbocycles. The van der Waals surface area contributed by atoms with Crippen molar-refractivity contribution in [3.63, 3.8) is 0 Å². The molecule has 4 aromatic carbocycles. The Labute approximate surface area is 197 Å². The second-order valence-electron chi connectivity index (χ2n) is 7.61. The van der Waals surface area contributed by atoms with E-state index in [1.165, 1.54) is 24.3 Å². The number of carbonyl (C=O) groups excluding carboxylic acids is 1. The minimum absolute atomic E-state index is 0.0299. The van der Waals surface area contributed by atoms with Crippen molar-refractivity contribution < 1.29 is 17.4 Å². The third kappa shape index (κ3) is 5.31. The van der Waals surface area contributed by atoms with Gasteiger partial charge in [-0.2, -0.15) is 13.7 Å². The van der Waals surface area contributed by atoms with Gasteiger partial charge in [-0.1, -0.05) is 60.2 Å². The van der Waals surface area contributed by atoms with Crippen LogP contribution in [0.5, 0.6) is 5.75 Å². The Morgan fingerprint density at radius 1 is 0.912 bits per heavy atom. The molecule has 0 saturated heterocycles. The number of hydrogen-bond acceptors (Lipinski definition) is 5. The first-order valence-electron chi connectivity index (χ1n) is 10.4. The van der Waals surface area contributed by atoms with E-state index in [1.807, 2.05) is 49.4 Å². The zero-order valence-electron chi connectivity index (χ0n) is 18.2. The first kappa shape index (κ1) is 22.8. The second kappa shape index (κ2) is 9.61. The maximum absolute atomic E-state index is 12.8. The summed E-state index contributed by atoms with van der Waals surface area (Å²) in [6.45, 7) is 1.93. The number of aryl methyl sites for hydroxylation is 1. The molecule has 0 unspecified atom stereocenters. The van der Waals surface area contributed by atoms with Crippen molar-refractivity contribution in [3.8, 4) is 11.8 Å². The lowest BCUT2D eigenvalue weighted by atomic mass is 10.1. The Morgan fingerprint density at radius 2 is 1.65 bits per heavy atom. The van der Waals surface area contributed by atoms with Crippen LogP contribution in [-0.4, -0.2) is 14.3 Å². The molecule has 4 rings (SSSR count). The van der Waals surface area contributed by atoms with Gasteiger partial charge < -0.3 is 9.50 Å². The Balaban J connectivity index is 1.55. The van der Waals surface area contributed by atoms with Crippen LogP contribution in [0, 0.1) is 18.3 Å². The van der Waals surface area contributed by atoms with Gasteiger partial charge in [0, 0.05) is 5.69 Å². The summed E-state index contributed by atoms with van der Waals surface area (Å²) in [7, 11) is -4.08. The number of amides is 1. The van der Waals surface area contributed by atoms with E-state index in [9.17, 15) is 18.5 Å². The molecule has 7 heteroatoms. The minimum Gasteiger partial charge on any atom is -0.379 e. The lowest BCUT2D eigenvalue weighted by Gasteiger charge is -2.09. The molecular formula is C27H20N2O4S. The maximum atomic E-state index is 12.8. The average molecular weight is 469 g/mol. The molecule has 0 spiro atoms. The molecule has 0 radical (unpaired) electrons. The smallest absolute Gasteiger partial charge is 0.339 e. The van der Waals surface area contributed by atoms with Gasteiger partial charge in [0.2, 0.25) is 0 Å². The lowest BCUT2D eigenvalue weighted by Crippen LogP contribution is -2.13. The fraction of sp³-hybridized carbons (Fsp3) is 0.0370. The van der Waals surface area contributed by atoms with Crippen molar-refractivity contribution in [2.75, 3.05) is 5.32 Å². The van der Waals surface area contributed by atoms with Crippen molar-refractivity contribution in [1.82, 2.24) is 0 Å². The van der Waals surface area contributed by atoms with Gasteiger partial charge in [0.25, 0.3) is 5.91 Å². The van der Waals surface area contributed by atoms with E-state index in [0.717, 1.165) is 16.3 Å². The summed E-state index contributed by atoms with van der Waals surface area (Å²) >= 11 is 0. The van der Waals surface area contributed by atoms with Crippen molar-refractivity contribution in [3.05, 3.63) is 108 Å². The lowest BCUT2D eigenvalue weighted by molar-refractivity contribution is -0.112. The fourth-order valence-corrected chi connectivity index (χ4v) is 4.26. The third-order valence-electron chi connectivity index (χ3n) is 5.06. The SMILES string of the molecule is Cc1ccc(NC(=O)/C(C#N)=C/c2cccc(OS(=O)(=O)c3ccc4ccccc4c3)c2)cc1. The normalized spacial score (nSPS) is 11.6. The quantitative estimate of drug-likeness (QED) is 0.230. The van der Waals surface area contributed by atoms with Crippen LogP contribution in [0.2, 0.25) is 0 Å². The first-order valence-corrected chi connectivity index (χ1v) is 11.8. The molecule has 0 aromatic heterocycles. The van der Waals surface area contributed by atoms with Gasteiger partial charge in [0.15, 0.2) is 0 Å². The molecule has 4 aromatic rings. The highest BCUT2D eigenvalue weighted by molar-refractivity contribution is 7.87. The molecule has 1 amide bonds. The van der Waals surface area contributed by atoms with Crippen molar-refractivity contribution >= 4 is 38.6 Å². The number of nitrogens with zero attached hydrogens (tertiary/aromatic N) is 1. The average Bonchev–Trinajstić information content (AvgIpc) is 2.83. The van der Waals surface area contributed by atoms with E-state index in [1.54, 1.807) is 36.4 Å². The topological polar surface area (TPSA) is 96.3 Å². The van der Waals surface area contributed by atoms with E-state index in [0.29, 0.717) is 11.3 Å². The number of nitrogens with one attached hydrogen (secondary N) is 1. The van der Waals surface area contributed by atoms with Crippen molar-refractivity contribution in [1.29, 1.82) is 5.26 Å². The molecule has 0 aliphatic carbocycles. The number of anilines is 1. The molecule has 0 aliphatic rings. The molecule has 0 bridgehead atoms. The van der Waals surface area contributed by atoms with E-state index in [2.05, 4.69) is 5.32 Å². The van der Waals surface area contributed by atoms with E-state index in [-0.39, 0.29) is 16.2 Å². The molecule has 0 fully saturated rings. The van der Waals surface area contributed by atoms with E-state index in [4.69, 9.17) is 4.18 Å². The van der Waals surface area contributed by atoms with Gasteiger partial charge in [-0.25, -0.2) is 0 Å². The molecule has 34 heavy (non-hydrogen) atoms. The van der Waals surface area contributed by atoms with Crippen LogP contribution < -0.4 is 9.50 Å². The highest BCUT2D eigenvalue weighted by Gasteiger charge is 2.17. The molecule has 0 atom stereocenters. The van der Waals surface area contributed by atoms with Crippen LogP contribution in [0.4, 0.5) is 5.69 Å². The molecule has 0 aliphatic heterocycles. The number of nitriles is 1. The molecule has 168 valence electrons. The summed E-state index contributed by atoms with van der Waals surface area (Å²) in [5.74, 6) is -0.500. The summed E-state index contributed by atoms with van der Waals surface area (Å²) in [4.78, 5) is 12.5. The second-order valence-corrected chi connectivity index (χ2v) is 9.16. The van der Waals surface area contributed by atoms with Crippen molar-refractivity contribution in [2.45, 2.75) is 11.8 Å².